The van der Waals surface area contributed by atoms with Gasteiger partial charge in [0.05, 0.1) is 17.0 Å². The second-order valence-corrected chi connectivity index (χ2v) is 10.9. The number of aromatic nitrogens is 5. The summed E-state index contributed by atoms with van der Waals surface area (Å²) in [6.07, 6.45) is 8.10. The van der Waals surface area contributed by atoms with E-state index in [4.69, 9.17) is 11.6 Å². The van der Waals surface area contributed by atoms with E-state index in [1.165, 1.54) is 24.6 Å². The van der Waals surface area contributed by atoms with E-state index in [1.54, 1.807) is 17.9 Å². The number of halogens is 2. The number of fused-ring (bicyclic) bond motifs is 1. The van der Waals surface area contributed by atoms with Crippen LogP contribution in [0.4, 0.5) is 10.1 Å². The standard InChI is InChI=1S/C25H28ClFN6O2/c1-33-12-28-20(21(33)23(34)29-17-5-6-19(27)18(26)9-17)14-7-15-10-25(35,11-16(15)8-14)24-30-22(31-32-24)13-3-2-4-13/h5-6,9,12-16,35H,2-4,7-8,10-11H2,1H3,(H,29,34)(H,30,31,32). The summed E-state index contributed by atoms with van der Waals surface area (Å²) in [6.45, 7) is 0. The van der Waals surface area contributed by atoms with Gasteiger partial charge in [0.2, 0.25) is 0 Å². The number of rotatable bonds is 5. The number of carbonyl (C=O) groups is 1. The van der Waals surface area contributed by atoms with E-state index >= 15 is 0 Å². The molecule has 0 saturated heterocycles. The number of carbonyl (C=O) groups excluding carboxylic acids is 1. The molecule has 35 heavy (non-hydrogen) atoms. The van der Waals surface area contributed by atoms with Gasteiger partial charge in [-0.1, -0.05) is 18.0 Å². The Balaban J connectivity index is 1.16. The van der Waals surface area contributed by atoms with Gasteiger partial charge in [-0.15, -0.1) is 0 Å². The van der Waals surface area contributed by atoms with Gasteiger partial charge in [-0.3, -0.25) is 9.89 Å². The Hall–Kier alpha value is -2.78. The fourth-order valence-corrected chi connectivity index (χ4v) is 6.38. The van der Waals surface area contributed by atoms with Gasteiger partial charge in [0.25, 0.3) is 5.91 Å². The predicted molar refractivity (Wildman–Crippen MR) is 128 cm³/mol. The third-order valence-corrected chi connectivity index (χ3v) is 8.49. The number of anilines is 1. The van der Waals surface area contributed by atoms with Gasteiger partial charge in [0, 0.05) is 24.6 Å². The number of nitrogens with one attached hydrogen (secondary N) is 2. The van der Waals surface area contributed by atoms with E-state index in [0.717, 1.165) is 37.2 Å². The van der Waals surface area contributed by atoms with Crippen molar-refractivity contribution in [2.24, 2.45) is 18.9 Å². The second kappa shape index (κ2) is 8.41. The van der Waals surface area contributed by atoms with Crippen molar-refractivity contribution in [1.29, 1.82) is 0 Å². The lowest BCUT2D eigenvalue weighted by molar-refractivity contribution is 0.0256. The summed E-state index contributed by atoms with van der Waals surface area (Å²) in [7, 11) is 1.79. The molecular weight excluding hydrogens is 471 g/mol. The fraction of sp³-hybridized carbons (Fsp3) is 0.520. The molecule has 3 aromatic rings. The number of hydrogen-bond donors (Lipinski definition) is 3. The maximum absolute atomic E-state index is 13.5. The maximum Gasteiger partial charge on any atom is 0.274 e. The summed E-state index contributed by atoms with van der Waals surface area (Å²) in [5.74, 6) is 1.82. The molecule has 1 aromatic carbocycles. The summed E-state index contributed by atoms with van der Waals surface area (Å²) in [4.78, 5) is 22.4. The second-order valence-electron chi connectivity index (χ2n) is 10.5. The number of benzene rings is 1. The van der Waals surface area contributed by atoms with Gasteiger partial charge in [-0.25, -0.2) is 14.4 Å². The molecule has 6 rings (SSSR count). The summed E-state index contributed by atoms with van der Waals surface area (Å²) < 4.78 is 15.2. The van der Waals surface area contributed by atoms with E-state index in [2.05, 4.69) is 25.5 Å². The first-order chi connectivity index (χ1) is 16.8. The zero-order valence-corrected chi connectivity index (χ0v) is 20.2. The molecular formula is C25H28ClFN6O2. The molecule has 3 N–H and O–H groups in total. The van der Waals surface area contributed by atoms with Crippen molar-refractivity contribution in [3.63, 3.8) is 0 Å². The number of nitrogens with zero attached hydrogens (tertiary/aromatic N) is 4. The summed E-state index contributed by atoms with van der Waals surface area (Å²) in [5.41, 5.74) is 0.686. The topological polar surface area (TPSA) is 109 Å². The van der Waals surface area contributed by atoms with Crippen LogP contribution in [0.25, 0.3) is 0 Å². The van der Waals surface area contributed by atoms with E-state index in [-0.39, 0.29) is 16.8 Å². The van der Waals surface area contributed by atoms with E-state index in [9.17, 15) is 14.3 Å². The molecule has 10 heteroatoms. The van der Waals surface area contributed by atoms with Crippen LogP contribution < -0.4 is 5.32 Å². The van der Waals surface area contributed by atoms with Crippen molar-refractivity contribution in [2.75, 3.05) is 5.32 Å². The lowest BCUT2D eigenvalue weighted by Gasteiger charge is -2.23. The van der Waals surface area contributed by atoms with Crippen molar-refractivity contribution >= 4 is 23.2 Å². The van der Waals surface area contributed by atoms with Crippen LogP contribution in [0.3, 0.4) is 0 Å². The van der Waals surface area contributed by atoms with Crippen LogP contribution in [-0.2, 0) is 12.6 Å². The lowest BCUT2D eigenvalue weighted by Crippen LogP contribution is -2.25. The van der Waals surface area contributed by atoms with E-state index in [0.29, 0.717) is 47.8 Å². The van der Waals surface area contributed by atoms with Crippen molar-refractivity contribution in [2.45, 2.75) is 62.4 Å². The van der Waals surface area contributed by atoms with Crippen LogP contribution in [-0.4, -0.2) is 35.7 Å². The van der Waals surface area contributed by atoms with Crippen LogP contribution in [0, 0.1) is 17.7 Å². The number of imidazole rings is 1. The summed E-state index contributed by atoms with van der Waals surface area (Å²) in [5, 5.41) is 21.6. The fourth-order valence-electron chi connectivity index (χ4n) is 6.20. The van der Waals surface area contributed by atoms with Gasteiger partial charge in [-0.2, -0.15) is 5.10 Å². The number of H-pyrrole nitrogens is 1. The normalized spacial score (nSPS) is 28.2. The predicted octanol–water partition coefficient (Wildman–Crippen LogP) is 4.64. The van der Waals surface area contributed by atoms with Crippen LogP contribution in [0.5, 0.6) is 0 Å². The zero-order chi connectivity index (χ0) is 24.3. The van der Waals surface area contributed by atoms with Crippen molar-refractivity contribution in [3.8, 4) is 0 Å². The minimum absolute atomic E-state index is 0.0460. The van der Waals surface area contributed by atoms with Crippen molar-refractivity contribution in [3.05, 3.63) is 58.4 Å². The first kappa shape index (κ1) is 22.7. The molecule has 0 aliphatic heterocycles. The molecule has 2 heterocycles. The number of aromatic amines is 1. The largest absolute Gasteiger partial charge is 0.382 e. The smallest absolute Gasteiger partial charge is 0.274 e. The monoisotopic (exact) mass is 498 g/mol. The van der Waals surface area contributed by atoms with Gasteiger partial charge >= 0.3 is 0 Å². The number of aliphatic hydroxyl groups is 1. The van der Waals surface area contributed by atoms with E-state index in [1.807, 2.05) is 0 Å². The Morgan fingerprint density at radius 2 is 2.00 bits per heavy atom. The molecule has 3 fully saturated rings. The molecule has 2 aromatic heterocycles. The summed E-state index contributed by atoms with van der Waals surface area (Å²) in [6, 6.07) is 4.10. The highest BCUT2D eigenvalue weighted by atomic mass is 35.5. The van der Waals surface area contributed by atoms with Gasteiger partial charge in [-0.05, 0) is 68.6 Å². The zero-order valence-electron chi connectivity index (χ0n) is 19.5. The SMILES string of the molecule is Cn1cnc(C2CC3CC(O)(c4n[nH]c(C5CCC5)n4)CC3C2)c1C(=O)Nc1ccc(F)c(Cl)c1. The molecule has 0 spiro atoms. The van der Waals surface area contributed by atoms with E-state index < -0.39 is 11.4 Å². The number of amides is 1. The molecule has 1 amide bonds. The minimum Gasteiger partial charge on any atom is -0.382 e. The first-order valence-electron chi connectivity index (χ1n) is 12.2. The van der Waals surface area contributed by atoms with Crippen LogP contribution in [0.1, 0.15) is 84.6 Å². The van der Waals surface area contributed by atoms with Gasteiger partial charge < -0.3 is 15.0 Å². The quantitative estimate of drug-likeness (QED) is 0.474. The average molecular weight is 499 g/mol. The molecule has 0 bridgehead atoms. The number of hydrogen-bond acceptors (Lipinski definition) is 5. The highest BCUT2D eigenvalue weighted by Crippen LogP contribution is 2.56. The van der Waals surface area contributed by atoms with Crippen LogP contribution >= 0.6 is 11.6 Å². The Morgan fingerprint density at radius 3 is 2.66 bits per heavy atom. The molecule has 3 aliphatic rings. The Labute approximate surface area is 207 Å². The summed E-state index contributed by atoms with van der Waals surface area (Å²) >= 11 is 5.86. The molecule has 3 aliphatic carbocycles. The Morgan fingerprint density at radius 1 is 1.26 bits per heavy atom. The highest BCUT2D eigenvalue weighted by molar-refractivity contribution is 6.31. The minimum atomic E-state index is -0.995. The van der Waals surface area contributed by atoms with Crippen molar-refractivity contribution < 1.29 is 14.3 Å². The molecule has 2 unspecified atom stereocenters. The molecule has 3 saturated carbocycles. The molecule has 8 nitrogen and oxygen atoms in total. The third kappa shape index (κ3) is 3.94. The molecule has 2 atom stereocenters. The van der Waals surface area contributed by atoms with Gasteiger partial charge in [0.15, 0.2) is 5.82 Å². The van der Waals surface area contributed by atoms with Gasteiger partial charge in [0.1, 0.15) is 22.9 Å². The lowest BCUT2D eigenvalue weighted by atomic mass is 9.85. The van der Waals surface area contributed by atoms with Crippen LogP contribution in [0.15, 0.2) is 24.5 Å². The maximum atomic E-state index is 13.5. The molecule has 0 radical (unpaired) electrons. The third-order valence-electron chi connectivity index (χ3n) is 8.20. The Bertz CT molecular complexity index is 1270. The van der Waals surface area contributed by atoms with Crippen molar-refractivity contribution in [1.82, 2.24) is 24.7 Å². The Kier molecular flexibility index (Phi) is 5.45. The number of aryl methyl sites for hydroxylation is 1. The first-order valence-corrected chi connectivity index (χ1v) is 12.6. The average Bonchev–Trinajstić information content (AvgIpc) is 3.52. The highest BCUT2D eigenvalue weighted by Gasteiger charge is 2.52. The molecule has 184 valence electrons. The van der Waals surface area contributed by atoms with Crippen LogP contribution in [0.2, 0.25) is 5.02 Å².